The third-order valence-corrected chi connectivity index (χ3v) is 5.42. The highest BCUT2D eigenvalue weighted by molar-refractivity contribution is 5.76. The van der Waals surface area contributed by atoms with E-state index in [0.29, 0.717) is 5.69 Å². The standard InChI is InChI=1S/C24H26F3N7O3/c1-14-8-9-17(16(3)31-14)11-28-20(35)13-34-15(2)10-29-21(22(34)36)32-33-23(37)30-12-18-6-4-5-7-19(18)24(25,26)27/h4-10H,11-13H2,1-3H3,(H,28,35)(H,29,32)(H2,30,33,37). The van der Waals surface area contributed by atoms with Crippen molar-refractivity contribution < 1.29 is 22.8 Å². The predicted molar refractivity (Wildman–Crippen MR) is 129 cm³/mol. The number of pyridine rings is 1. The quantitative estimate of drug-likeness (QED) is 0.340. The van der Waals surface area contributed by atoms with Crippen molar-refractivity contribution in [3.05, 3.63) is 86.7 Å². The van der Waals surface area contributed by atoms with Crippen molar-refractivity contribution in [2.75, 3.05) is 5.43 Å². The van der Waals surface area contributed by atoms with Crippen LogP contribution in [0.4, 0.5) is 23.8 Å². The molecule has 3 amide bonds. The fourth-order valence-electron chi connectivity index (χ4n) is 3.44. The van der Waals surface area contributed by atoms with Crippen molar-refractivity contribution in [1.29, 1.82) is 0 Å². The van der Waals surface area contributed by atoms with Gasteiger partial charge >= 0.3 is 12.2 Å². The first kappa shape index (κ1) is 27.2. The Balaban J connectivity index is 1.58. The summed E-state index contributed by atoms with van der Waals surface area (Å²) in [5.41, 5.74) is 5.74. The maximum atomic E-state index is 13.1. The van der Waals surface area contributed by atoms with Gasteiger partial charge in [-0.1, -0.05) is 24.3 Å². The van der Waals surface area contributed by atoms with Crippen LogP contribution in [0.15, 0.2) is 47.4 Å². The molecule has 196 valence electrons. The zero-order valence-corrected chi connectivity index (χ0v) is 20.4. The first-order valence-electron chi connectivity index (χ1n) is 11.2. The zero-order chi connectivity index (χ0) is 27.2. The molecule has 4 N–H and O–H groups in total. The van der Waals surface area contributed by atoms with Crippen molar-refractivity contribution in [1.82, 2.24) is 30.6 Å². The van der Waals surface area contributed by atoms with Gasteiger partial charge in [0, 0.05) is 36.4 Å². The molecule has 0 fully saturated rings. The van der Waals surface area contributed by atoms with E-state index < -0.39 is 35.8 Å². The predicted octanol–water partition coefficient (Wildman–Crippen LogP) is 2.73. The number of hydrogen-bond donors (Lipinski definition) is 4. The minimum atomic E-state index is -4.56. The van der Waals surface area contributed by atoms with Crippen molar-refractivity contribution in [3.63, 3.8) is 0 Å². The number of benzene rings is 1. The van der Waals surface area contributed by atoms with Gasteiger partial charge in [-0.05, 0) is 44.0 Å². The molecule has 0 aliphatic rings. The molecule has 0 saturated heterocycles. The van der Waals surface area contributed by atoms with E-state index in [4.69, 9.17) is 0 Å². The lowest BCUT2D eigenvalue weighted by Crippen LogP contribution is -2.42. The largest absolute Gasteiger partial charge is 0.416 e. The van der Waals surface area contributed by atoms with Gasteiger partial charge in [-0.2, -0.15) is 13.2 Å². The molecule has 10 nitrogen and oxygen atoms in total. The second-order valence-corrected chi connectivity index (χ2v) is 8.20. The average molecular weight is 518 g/mol. The van der Waals surface area contributed by atoms with E-state index in [1.54, 1.807) is 6.92 Å². The summed E-state index contributed by atoms with van der Waals surface area (Å²) in [6.07, 6.45) is -3.23. The Bertz CT molecular complexity index is 1360. The molecule has 0 aliphatic heterocycles. The van der Waals surface area contributed by atoms with E-state index in [0.717, 1.165) is 23.0 Å². The smallest absolute Gasteiger partial charge is 0.350 e. The van der Waals surface area contributed by atoms with E-state index in [1.807, 2.05) is 26.0 Å². The monoisotopic (exact) mass is 517 g/mol. The molecule has 0 saturated carbocycles. The highest BCUT2D eigenvalue weighted by Crippen LogP contribution is 2.31. The van der Waals surface area contributed by atoms with Crippen LogP contribution in [-0.2, 0) is 30.6 Å². The Morgan fingerprint density at radius 3 is 2.38 bits per heavy atom. The fourth-order valence-corrected chi connectivity index (χ4v) is 3.44. The van der Waals surface area contributed by atoms with Crippen molar-refractivity contribution >= 4 is 17.8 Å². The summed E-state index contributed by atoms with van der Waals surface area (Å²) in [4.78, 5) is 45.6. The van der Waals surface area contributed by atoms with Crippen LogP contribution in [-0.4, -0.2) is 26.5 Å². The second-order valence-electron chi connectivity index (χ2n) is 8.20. The maximum Gasteiger partial charge on any atom is 0.416 e. The molecule has 0 atom stereocenters. The average Bonchev–Trinajstić information content (AvgIpc) is 2.84. The van der Waals surface area contributed by atoms with Crippen LogP contribution < -0.4 is 27.0 Å². The summed E-state index contributed by atoms with van der Waals surface area (Å²) < 4.78 is 40.5. The highest BCUT2D eigenvalue weighted by atomic mass is 19.4. The van der Waals surface area contributed by atoms with Crippen LogP contribution in [0.3, 0.4) is 0 Å². The van der Waals surface area contributed by atoms with Crippen molar-refractivity contribution in [2.45, 2.75) is 46.6 Å². The number of carbonyl (C=O) groups excluding carboxylic acids is 2. The van der Waals surface area contributed by atoms with E-state index in [2.05, 4.69) is 31.5 Å². The number of nitrogens with zero attached hydrogens (tertiary/aromatic N) is 3. The number of amides is 3. The Kier molecular flexibility index (Phi) is 8.48. The molecule has 0 bridgehead atoms. The van der Waals surface area contributed by atoms with E-state index in [9.17, 15) is 27.6 Å². The number of carbonyl (C=O) groups is 2. The second kappa shape index (κ2) is 11.5. The summed E-state index contributed by atoms with van der Waals surface area (Å²) in [7, 11) is 0. The molecule has 2 heterocycles. The van der Waals surface area contributed by atoms with Gasteiger partial charge in [0.2, 0.25) is 11.7 Å². The molecule has 13 heteroatoms. The van der Waals surface area contributed by atoms with Crippen molar-refractivity contribution in [2.24, 2.45) is 0 Å². The van der Waals surface area contributed by atoms with Crippen LogP contribution in [0.5, 0.6) is 0 Å². The van der Waals surface area contributed by atoms with Gasteiger partial charge in [0.05, 0.1) is 5.56 Å². The van der Waals surface area contributed by atoms with E-state index in [-0.39, 0.29) is 24.5 Å². The van der Waals surface area contributed by atoms with Gasteiger partial charge in [0.15, 0.2) is 0 Å². The lowest BCUT2D eigenvalue weighted by atomic mass is 10.1. The van der Waals surface area contributed by atoms with Crippen LogP contribution in [0.25, 0.3) is 0 Å². The van der Waals surface area contributed by atoms with Gasteiger partial charge < -0.3 is 10.6 Å². The van der Waals surface area contributed by atoms with Crippen LogP contribution in [0.1, 0.15) is 33.8 Å². The summed E-state index contributed by atoms with van der Waals surface area (Å²) in [5.74, 6) is -0.695. The third kappa shape index (κ3) is 7.29. The minimum Gasteiger partial charge on any atom is -0.350 e. The number of aryl methyl sites for hydroxylation is 3. The third-order valence-electron chi connectivity index (χ3n) is 5.42. The molecular weight excluding hydrogens is 491 g/mol. The van der Waals surface area contributed by atoms with Gasteiger partial charge in [0.1, 0.15) is 6.54 Å². The Labute approximate surface area is 210 Å². The van der Waals surface area contributed by atoms with Gasteiger partial charge in [-0.15, -0.1) is 0 Å². The number of rotatable bonds is 8. The van der Waals surface area contributed by atoms with Gasteiger partial charge in [-0.3, -0.25) is 30.0 Å². The molecule has 0 radical (unpaired) electrons. The van der Waals surface area contributed by atoms with Crippen LogP contribution in [0, 0.1) is 20.8 Å². The lowest BCUT2D eigenvalue weighted by Gasteiger charge is -2.15. The number of alkyl halides is 3. The molecule has 1 aromatic carbocycles. The SMILES string of the molecule is Cc1ccc(CNC(=O)Cn2c(C)cnc(NNC(=O)NCc3ccccc3C(F)(F)F)c2=O)c(C)n1. The normalized spacial score (nSPS) is 11.1. The molecule has 0 spiro atoms. The molecule has 3 aromatic rings. The zero-order valence-electron chi connectivity index (χ0n) is 20.4. The fraction of sp³-hybridized carbons (Fsp3) is 0.292. The molecular formula is C24H26F3N7O3. The Hall–Kier alpha value is -4.42. The van der Waals surface area contributed by atoms with E-state index >= 15 is 0 Å². The summed E-state index contributed by atoms with van der Waals surface area (Å²) in [5, 5.41) is 5.02. The minimum absolute atomic E-state index is 0.122. The topological polar surface area (TPSA) is 130 Å². The number of hydrazine groups is 1. The first-order chi connectivity index (χ1) is 17.5. The summed E-state index contributed by atoms with van der Waals surface area (Å²) in [6, 6.07) is 7.66. The number of halogens is 3. The molecule has 2 aromatic heterocycles. The number of aromatic nitrogens is 3. The number of hydrogen-bond acceptors (Lipinski definition) is 6. The van der Waals surface area contributed by atoms with Gasteiger partial charge in [-0.25, -0.2) is 9.78 Å². The number of urea groups is 1. The van der Waals surface area contributed by atoms with E-state index in [1.165, 1.54) is 29.0 Å². The molecule has 3 rings (SSSR count). The summed E-state index contributed by atoms with van der Waals surface area (Å²) >= 11 is 0. The van der Waals surface area contributed by atoms with Crippen LogP contribution in [0.2, 0.25) is 0 Å². The molecule has 0 aliphatic carbocycles. The Morgan fingerprint density at radius 2 is 1.68 bits per heavy atom. The number of nitrogens with one attached hydrogen (secondary N) is 4. The van der Waals surface area contributed by atoms with Gasteiger partial charge in [0.25, 0.3) is 5.56 Å². The lowest BCUT2D eigenvalue weighted by molar-refractivity contribution is -0.138. The Morgan fingerprint density at radius 1 is 0.973 bits per heavy atom. The number of anilines is 1. The summed E-state index contributed by atoms with van der Waals surface area (Å²) in [6.45, 7) is 4.84. The van der Waals surface area contributed by atoms with Crippen LogP contribution >= 0.6 is 0 Å². The molecule has 0 unspecified atom stereocenters. The highest BCUT2D eigenvalue weighted by Gasteiger charge is 2.32. The van der Waals surface area contributed by atoms with Crippen molar-refractivity contribution in [3.8, 4) is 0 Å². The molecule has 37 heavy (non-hydrogen) atoms. The maximum absolute atomic E-state index is 13.1. The first-order valence-corrected chi connectivity index (χ1v) is 11.2.